The van der Waals surface area contributed by atoms with Crippen LogP contribution in [-0.2, 0) is 0 Å². The summed E-state index contributed by atoms with van der Waals surface area (Å²) < 4.78 is 0. The molecule has 0 spiro atoms. The zero-order valence-corrected chi connectivity index (χ0v) is 8.71. The van der Waals surface area contributed by atoms with E-state index in [9.17, 15) is 0 Å². The van der Waals surface area contributed by atoms with Gasteiger partial charge in [-0.1, -0.05) is 32.6 Å². The predicted octanol–water partition coefficient (Wildman–Crippen LogP) is 2.23. The molecule has 0 bridgehead atoms. The summed E-state index contributed by atoms with van der Waals surface area (Å²) in [4.78, 5) is 1.98. The van der Waals surface area contributed by atoms with Crippen molar-refractivity contribution in [3.63, 3.8) is 0 Å². The van der Waals surface area contributed by atoms with Gasteiger partial charge in [0.25, 0.3) is 0 Å². The summed E-state index contributed by atoms with van der Waals surface area (Å²) >= 11 is 0. The average molecular weight is 173 g/mol. The minimum atomic E-state index is -0.295. The van der Waals surface area contributed by atoms with E-state index >= 15 is 0 Å². The molecule has 0 aliphatic rings. The first kappa shape index (κ1) is 11.9. The molecule has 0 aliphatic heterocycles. The van der Waals surface area contributed by atoms with Gasteiger partial charge in [0.15, 0.2) is 0 Å². The molecule has 12 heavy (non-hydrogen) atoms. The Balaban J connectivity index is 3.08. The van der Waals surface area contributed by atoms with Crippen LogP contribution in [0.5, 0.6) is 0 Å². The van der Waals surface area contributed by atoms with Crippen LogP contribution in [-0.4, -0.2) is 29.8 Å². The van der Waals surface area contributed by atoms with Gasteiger partial charge in [-0.05, 0) is 20.4 Å². The van der Waals surface area contributed by atoms with Crippen LogP contribution in [0.2, 0.25) is 0 Å². The molecular formula is C10H23NO. The smallest absolute Gasteiger partial charge is 0.104 e. The highest BCUT2D eigenvalue weighted by Gasteiger charge is 2.02. The summed E-state index contributed by atoms with van der Waals surface area (Å²) in [6, 6.07) is 0. The zero-order chi connectivity index (χ0) is 9.40. The Kier molecular flexibility index (Phi) is 7.51. The van der Waals surface area contributed by atoms with E-state index in [0.717, 1.165) is 6.54 Å². The second-order valence-corrected chi connectivity index (χ2v) is 3.53. The van der Waals surface area contributed by atoms with Gasteiger partial charge in [0.05, 0.1) is 0 Å². The van der Waals surface area contributed by atoms with Crippen molar-refractivity contribution < 1.29 is 5.11 Å². The van der Waals surface area contributed by atoms with Crippen LogP contribution < -0.4 is 0 Å². The molecule has 0 aromatic carbocycles. The number of hydrogen-bond acceptors (Lipinski definition) is 2. The fourth-order valence-corrected chi connectivity index (χ4v) is 1.15. The normalized spacial score (nSPS) is 13.8. The van der Waals surface area contributed by atoms with E-state index in [-0.39, 0.29) is 6.23 Å². The third-order valence-corrected chi connectivity index (χ3v) is 2.25. The molecule has 0 saturated heterocycles. The second-order valence-electron chi connectivity index (χ2n) is 3.53. The van der Waals surface area contributed by atoms with Crippen molar-refractivity contribution in [2.45, 2.75) is 52.2 Å². The Morgan fingerprint density at radius 1 is 1.17 bits per heavy atom. The molecule has 0 heterocycles. The molecule has 0 amide bonds. The van der Waals surface area contributed by atoms with Crippen LogP contribution in [0, 0.1) is 0 Å². The first-order valence-electron chi connectivity index (χ1n) is 5.06. The van der Waals surface area contributed by atoms with Gasteiger partial charge in [-0.25, -0.2) is 0 Å². The van der Waals surface area contributed by atoms with Gasteiger partial charge in [0.2, 0.25) is 0 Å². The van der Waals surface area contributed by atoms with E-state index in [1.807, 2.05) is 18.9 Å². The molecule has 0 aromatic rings. The number of nitrogens with zero attached hydrogens (tertiary/aromatic N) is 1. The van der Waals surface area contributed by atoms with E-state index in [1.165, 1.54) is 32.1 Å². The topological polar surface area (TPSA) is 23.5 Å². The minimum absolute atomic E-state index is 0.295. The molecule has 2 heteroatoms. The van der Waals surface area contributed by atoms with E-state index in [4.69, 9.17) is 5.11 Å². The fraction of sp³-hybridized carbons (Fsp3) is 1.00. The first-order valence-corrected chi connectivity index (χ1v) is 5.06. The SMILES string of the molecule is CCCCCCCN(C)C(C)O. The Morgan fingerprint density at radius 3 is 2.25 bits per heavy atom. The number of rotatable bonds is 7. The monoisotopic (exact) mass is 173 g/mol. The highest BCUT2D eigenvalue weighted by atomic mass is 16.3. The van der Waals surface area contributed by atoms with Gasteiger partial charge in [0, 0.05) is 6.54 Å². The maximum atomic E-state index is 9.15. The number of hydrogen-bond donors (Lipinski definition) is 1. The van der Waals surface area contributed by atoms with Crippen molar-refractivity contribution in [2.75, 3.05) is 13.6 Å². The lowest BCUT2D eigenvalue weighted by Crippen LogP contribution is -2.29. The third-order valence-electron chi connectivity index (χ3n) is 2.25. The number of aliphatic hydroxyl groups excluding tert-OH is 1. The first-order chi connectivity index (χ1) is 5.68. The average Bonchev–Trinajstić information content (AvgIpc) is 2.03. The number of aliphatic hydroxyl groups is 1. The molecule has 0 saturated carbocycles. The maximum Gasteiger partial charge on any atom is 0.104 e. The van der Waals surface area contributed by atoms with E-state index in [1.54, 1.807) is 0 Å². The third kappa shape index (κ3) is 6.62. The molecule has 2 nitrogen and oxygen atoms in total. The van der Waals surface area contributed by atoms with Gasteiger partial charge >= 0.3 is 0 Å². The molecule has 0 aliphatic carbocycles. The van der Waals surface area contributed by atoms with Crippen LogP contribution in [0.4, 0.5) is 0 Å². The van der Waals surface area contributed by atoms with Gasteiger partial charge in [-0.15, -0.1) is 0 Å². The van der Waals surface area contributed by atoms with Crippen molar-refractivity contribution >= 4 is 0 Å². The standard InChI is InChI=1S/C10H23NO/c1-4-5-6-7-8-9-11(3)10(2)12/h10,12H,4-9H2,1-3H3. The molecule has 1 atom stereocenters. The molecule has 1 N–H and O–H groups in total. The number of unbranched alkanes of at least 4 members (excludes halogenated alkanes) is 4. The Morgan fingerprint density at radius 2 is 1.75 bits per heavy atom. The zero-order valence-electron chi connectivity index (χ0n) is 8.71. The maximum absolute atomic E-state index is 9.15. The Bertz CT molecular complexity index is 93.8. The summed E-state index contributed by atoms with van der Waals surface area (Å²) in [7, 11) is 1.96. The summed E-state index contributed by atoms with van der Waals surface area (Å²) in [6.45, 7) is 5.05. The van der Waals surface area contributed by atoms with Gasteiger partial charge in [-0.2, -0.15) is 0 Å². The highest BCUT2D eigenvalue weighted by Crippen LogP contribution is 2.03. The predicted molar refractivity (Wildman–Crippen MR) is 53.1 cm³/mol. The Labute approximate surface area is 76.6 Å². The van der Waals surface area contributed by atoms with Crippen LogP contribution in [0.25, 0.3) is 0 Å². The van der Waals surface area contributed by atoms with Crippen LogP contribution in [0.3, 0.4) is 0 Å². The summed E-state index contributed by atoms with van der Waals surface area (Å²) in [5.74, 6) is 0. The molecule has 0 aromatic heterocycles. The summed E-state index contributed by atoms with van der Waals surface area (Å²) in [6.07, 6.45) is 6.19. The molecular weight excluding hydrogens is 150 g/mol. The summed E-state index contributed by atoms with van der Waals surface area (Å²) in [5.41, 5.74) is 0. The van der Waals surface area contributed by atoms with Crippen LogP contribution in [0.1, 0.15) is 46.0 Å². The molecule has 1 unspecified atom stereocenters. The van der Waals surface area contributed by atoms with Gasteiger partial charge in [-0.3, -0.25) is 4.90 Å². The molecule has 74 valence electrons. The lowest BCUT2D eigenvalue weighted by atomic mass is 10.1. The molecule has 0 rings (SSSR count). The fourth-order valence-electron chi connectivity index (χ4n) is 1.15. The van der Waals surface area contributed by atoms with Crippen molar-refractivity contribution in [2.24, 2.45) is 0 Å². The van der Waals surface area contributed by atoms with Crippen molar-refractivity contribution in [3.8, 4) is 0 Å². The van der Waals surface area contributed by atoms with Gasteiger partial charge < -0.3 is 5.11 Å². The minimum Gasteiger partial charge on any atom is -0.379 e. The van der Waals surface area contributed by atoms with E-state index in [0.29, 0.717) is 0 Å². The van der Waals surface area contributed by atoms with Gasteiger partial charge in [0.1, 0.15) is 6.23 Å². The quantitative estimate of drug-likeness (QED) is 0.471. The van der Waals surface area contributed by atoms with E-state index < -0.39 is 0 Å². The summed E-state index contributed by atoms with van der Waals surface area (Å²) in [5, 5.41) is 9.15. The lowest BCUT2D eigenvalue weighted by molar-refractivity contribution is 0.0373. The van der Waals surface area contributed by atoms with Crippen molar-refractivity contribution in [3.05, 3.63) is 0 Å². The molecule has 0 radical (unpaired) electrons. The highest BCUT2D eigenvalue weighted by molar-refractivity contribution is 4.51. The Hall–Kier alpha value is -0.0800. The molecule has 0 fully saturated rings. The second kappa shape index (κ2) is 7.56. The van der Waals surface area contributed by atoms with Crippen molar-refractivity contribution in [1.29, 1.82) is 0 Å². The van der Waals surface area contributed by atoms with Crippen molar-refractivity contribution in [1.82, 2.24) is 4.90 Å². The largest absolute Gasteiger partial charge is 0.379 e. The lowest BCUT2D eigenvalue weighted by Gasteiger charge is -2.19. The van der Waals surface area contributed by atoms with Crippen LogP contribution in [0.15, 0.2) is 0 Å². The van der Waals surface area contributed by atoms with E-state index in [2.05, 4.69) is 6.92 Å². The van der Waals surface area contributed by atoms with Crippen LogP contribution >= 0.6 is 0 Å².